The van der Waals surface area contributed by atoms with Crippen LogP contribution in [0.3, 0.4) is 0 Å². The summed E-state index contributed by atoms with van der Waals surface area (Å²) < 4.78 is 6.14. The van der Waals surface area contributed by atoms with Crippen molar-refractivity contribution in [2.75, 3.05) is 13.1 Å². The van der Waals surface area contributed by atoms with Gasteiger partial charge < -0.3 is 9.64 Å². The molecule has 1 fully saturated rings. The van der Waals surface area contributed by atoms with Crippen LogP contribution in [0.2, 0.25) is 0 Å². The summed E-state index contributed by atoms with van der Waals surface area (Å²) in [6.45, 7) is 3.52. The lowest BCUT2D eigenvalue weighted by Gasteiger charge is -2.32. The topological polar surface area (TPSA) is 41.9 Å². The minimum absolute atomic E-state index is 0.195. The summed E-state index contributed by atoms with van der Waals surface area (Å²) in [5, 5.41) is 0. The number of aliphatic imine (C=N–C) groups is 1. The number of carbonyl (C=O) groups excluding carboxylic acids is 1. The molecule has 0 bridgehead atoms. The van der Waals surface area contributed by atoms with E-state index in [-0.39, 0.29) is 12.0 Å². The summed E-state index contributed by atoms with van der Waals surface area (Å²) >= 11 is 0. The van der Waals surface area contributed by atoms with E-state index in [1.54, 1.807) is 0 Å². The first-order valence-corrected chi connectivity index (χ1v) is 10.2. The van der Waals surface area contributed by atoms with E-state index in [0.717, 1.165) is 31.7 Å². The minimum Gasteiger partial charge on any atom is -0.490 e. The van der Waals surface area contributed by atoms with E-state index in [0.29, 0.717) is 12.5 Å². The van der Waals surface area contributed by atoms with Crippen molar-refractivity contribution in [3.63, 3.8) is 0 Å². The van der Waals surface area contributed by atoms with E-state index in [9.17, 15) is 4.79 Å². The Kier molecular flexibility index (Phi) is 5.42. The Bertz CT molecular complexity index is 768. The van der Waals surface area contributed by atoms with Crippen molar-refractivity contribution in [1.82, 2.24) is 4.90 Å². The van der Waals surface area contributed by atoms with Crippen molar-refractivity contribution >= 4 is 17.7 Å². The van der Waals surface area contributed by atoms with Gasteiger partial charge >= 0.3 is 0 Å². The SMILES string of the molecule is CCC(=O)N1CCC(Oc2ccc(C3=CC4=CCCCC4N=C3)cc2)CC1. The summed E-state index contributed by atoms with van der Waals surface area (Å²) in [6, 6.07) is 8.71. The molecule has 4 heteroatoms. The van der Waals surface area contributed by atoms with Crippen LogP contribution in [0.15, 0.2) is 47.0 Å². The minimum atomic E-state index is 0.195. The van der Waals surface area contributed by atoms with Gasteiger partial charge in [0.05, 0.1) is 6.04 Å². The maximum absolute atomic E-state index is 11.8. The Labute approximate surface area is 161 Å². The highest BCUT2D eigenvalue weighted by atomic mass is 16.5. The summed E-state index contributed by atoms with van der Waals surface area (Å²) in [4.78, 5) is 18.5. The van der Waals surface area contributed by atoms with Gasteiger partial charge in [-0.3, -0.25) is 9.79 Å². The van der Waals surface area contributed by atoms with Crippen molar-refractivity contribution in [2.45, 2.75) is 57.6 Å². The maximum atomic E-state index is 11.8. The van der Waals surface area contributed by atoms with Gasteiger partial charge in [-0.1, -0.05) is 25.1 Å². The molecule has 0 aromatic heterocycles. The van der Waals surface area contributed by atoms with E-state index in [2.05, 4.69) is 36.4 Å². The van der Waals surface area contributed by atoms with E-state index in [1.165, 1.54) is 36.0 Å². The van der Waals surface area contributed by atoms with Crippen molar-refractivity contribution in [3.8, 4) is 5.75 Å². The highest BCUT2D eigenvalue weighted by Crippen LogP contribution is 2.30. The second-order valence-electron chi connectivity index (χ2n) is 7.60. The number of dihydropyridines is 1. The third-order valence-electron chi connectivity index (χ3n) is 5.75. The first-order valence-electron chi connectivity index (χ1n) is 10.2. The van der Waals surface area contributed by atoms with Crippen LogP contribution < -0.4 is 4.74 Å². The van der Waals surface area contributed by atoms with Crippen LogP contribution in [0.4, 0.5) is 0 Å². The molecule has 1 aromatic carbocycles. The molecular weight excluding hydrogens is 336 g/mol. The number of fused-ring (bicyclic) bond motifs is 1. The second-order valence-corrected chi connectivity index (χ2v) is 7.60. The zero-order valence-electron chi connectivity index (χ0n) is 16.1. The van der Waals surface area contributed by atoms with Crippen LogP contribution in [0.5, 0.6) is 5.75 Å². The summed E-state index contributed by atoms with van der Waals surface area (Å²) in [5.41, 5.74) is 3.73. The molecule has 27 heavy (non-hydrogen) atoms. The largest absolute Gasteiger partial charge is 0.490 e. The van der Waals surface area contributed by atoms with Gasteiger partial charge in [-0.15, -0.1) is 0 Å². The highest BCUT2D eigenvalue weighted by Gasteiger charge is 2.23. The molecule has 1 amide bonds. The normalized spacial score (nSPS) is 22.7. The average Bonchev–Trinajstić information content (AvgIpc) is 2.74. The molecular formula is C23H28N2O2. The van der Waals surface area contributed by atoms with Crippen LogP contribution in [0.1, 0.15) is 51.0 Å². The van der Waals surface area contributed by atoms with E-state index in [4.69, 9.17) is 9.73 Å². The van der Waals surface area contributed by atoms with Gasteiger partial charge in [0.1, 0.15) is 11.9 Å². The molecule has 0 N–H and O–H groups in total. The molecule has 3 aliphatic rings. The molecule has 0 saturated carbocycles. The van der Waals surface area contributed by atoms with Crippen molar-refractivity contribution < 1.29 is 9.53 Å². The fourth-order valence-electron chi connectivity index (χ4n) is 4.11. The number of amides is 1. The molecule has 142 valence electrons. The number of ether oxygens (including phenoxy) is 1. The number of rotatable bonds is 4. The zero-order valence-corrected chi connectivity index (χ0v) is 16.1. The van der Waals surface area contributed by atoms with Crippen LogP contribution in [0.25, 0.3) is 5.57 Å². The van der Waals surface area contributed by atoms with Gasteiger partial charge in [0.15, 0.2) is 0 Å². The lowest BCUT2D eigenvalue weighted by Crippen LogP contribution is -2.41. The van der Waals surface area contributed by atoms with Crippen LogP contribution in [-0.4, -0.2) is 42.3 Å². The average molecular weight is 364 g/mol. The number of benzene rings is 1. The number of allylic oxidation sites excluding steroid dienone is 2. The third-order valence-corrected chi connectivity index (χ3v) is 5.75. The number of hydrogen-bond donors (Lipinski definition) is 0. The number of nitrogens with zero attached hydrogens (tertiary/aromatic N) is 2. The standard InChI is InChI=1S/C23H28N2O2/c1-2-23(26)25-13-11-21(12-14-25)27-20-9-7-17(8-10-20)19-15-18-5-3-4-6-22(18)24-16-19/h5,7-10,15-16,21-22H,2-4,6,11-14H2,1H3. The van der Waals surface area contributed by atoms with Crippen molar-refractivity contribution in [3.05, 3.63) is 47.6 Å². The molecule has 2 heterocycles. The lowest BCUT2D eigenvalue weighted by atomic mass is 9.90. The van der Waals surface area contributed by atoms with Gasteiger partial charge in [0, 0.05) is 38.6 Å². The Morgan fingerprint density at radius 3 is 2.70 bits per heavy atom. The molecule has 1 aliphatic carbocycles. The fourth-order valence-corrected chi connectivity index (χ4v) is 4.11. The molecule has 0 spiro atoms. The third kappa shape index (κ3) is 4.15. The molecule has 1 unspecified atom stereocenters. The van der Waals surface area contributed by atoms with Crippen LogP contribution >= 0.6 is 0 Å². The predicted octanol–water partition coefficient (Wildman–Crippen LogP) is 4.41. The molecule has 2 aliphatic heterocycles. The Morgan fingerprint density at radius 2 is 1.96 bits per heavy atom. The molecule has 4 nitrogen and oxygen atoms in total. The first-order chi connectivity index (χ1) is 13.2. The summed E-state index contributed by atoms with van der Waals surface area (Å²) in [5.74, 6) is 1.15. The number of likely N-dealkylation sites (tertiary alicyclic amines) is 1. The van der Waals surface area contributed by atoms with Gasteiger partial charge in [-0.05, 0) is 54.2 Å². The van der Waals surface area contributed by atoms with Gasteiger partial charge in [-0.2, -0.15) is 0 Å². The van der Waals surface area contributed by atoms with Gasteiger partial charge in [0.25, 0.3) is 0 Å². The molecule has 1 aromatic rings. The van der Waals surface area contributed by atoms with Crippen LogP contribution in [-0.2, 0) is 4.79 Å². The number of hydrogen-bond acceptors (Lipinski definition) is 3. The first kappa shape index (κ1) is 18.0. The summed E-state index contributed by atoms with van der Waals surface area (Å²) in [6.07, 6.45) is 12.8. The smallest absolute Gasteiger partial charge is 0.222 e. The quantitative estimate of drug-likeness (QED) is 0.794. The lowest BCUT2D eigenvalue weighted by molar-refractivity contribution is -0.132. The molecule has 1 saturated heterocycles. The van der Waals surface area contributed by atoms with Crippen LogP contribution in [0, 0.1) is 0 Å². The van der Waals surface area contributed by atoms with E-state index >= 15 is 0 Å². The molecule has 0 radical (unpaired) electrons. The zero-order chi connectivity index (χ0) is 18.6. The second kappa shape index (κ2) is 8.12. The van der Waals surface area contributed by atoms with E-state index < -0.39 is 0 Å². The van der Waals surface area contributed by atoms with E-state index in [1.807, 2.05) is 18.0 Å². The fraction of sp³-hybridized carbons (Fsp3) is 0.478. The summed E-state index contributed by atoms with van der Waals surface area (Å²) in [7, 11) is 0. The molecule has 4 rings (SSSR count). The monoisotopic (exact) mass is 364 g/mol. The maximum Gasteiger partial charge on any atom is 0.222 e. The highest BCUT2D eigenvalue weighted by molar-refractivity contribution is 6.11. The van der Waals surface area contributed by atoms with Gasteiger partial charge in [-0.25, -0.2) is 0 Å². The predicted molar refractivity (Wildman–Crippen MR) is 109 cm³/mol. The number of piperidine rings is 1. The molecule has 1 atom stereocenters. The Balaban J connectivity index is 1.36. The van der Waals surface area contributed by atoms with Crippen molar-refractivity contribution in [1.29, 1.82) is 0 Å². The Hall–Kier alpha value is -2.36. The Morgan fingerprint density at radius 1 is 1.19 bits per heavy atom. The van der Waals surface area contributed by atoms with Gasteiger partial charge in [0.2, 0.25) is 5.91 Å². The van der Waals surface area contributed by atoms with Crippen molar-refractivity contribution in [2.24, 2.45) is 4.99 Å². The number of carbonyl (C=O) groups is 1.